The van der Waals surface area contributed by atoms with Gasteiger partial charge in [-0.05, 0) is 54.8 Å². The topological polar surface area (TPSA) is 46.9 Å². The lowest BCUT2D eigenvalue weighted by molar-refractivity contribution is 0.340. The first kappa shape index (κ1) is 15.0. The predicted octanol–water partition coefficient (Wildman–Crippen LogP) is 2.33. The van der Waals surface area contributed by atoms with E-state index in [4.69, 9.17) is 0 Å². The van der Waals surface area contributed by atoms with E-state index >= 15 is 0 Å². The van der Waals surface area contributed by atoms with Crippen molar-refractivity contribution in [2.24, 2.45) is 5.92 Å². The molecule has 0 saturated heterocycles. The van der Waals surface area contributed by atoms with Crippen LogP contribution in [0.4, 0.5) is 0 Å². The summed E-state index contributed by atoms with van der Waals surface area (Å²) in [6.45, 7) is 4.51. The average molecular weight is 375 g/mol. The van der Waals surface area contributed by atoms with Gasteiger partial charge in [0.25, 0.3) is 5.56 Å². The molecule has 1 N–H and O–H groups in total. The molecule has 0 bridgehead atoms. The van der Waals surface area contributed by atoms with Crippen LogP contribution in [0.15, 0.2) is 11.1 Å². The third kappa shape index (κ3) is 4.27. The van der Waals surface area contributed by atoms with Crippen LogP contribution in [-0.4, -0.2) is 22.6 Å². The molecule has 0 radical (unpaired) electrons. The Kier molecular flexibility index (Phi) is 5.81. The zero-order valence-electron chi connectivity index (χ0n) is 11.5. The third-order valence-electron chi connectivity index (χ3n) is 3.84. The van der Waals surface area contributed by atoms with E-state index in [1.165, 1.54) is 32.1 Å². The molecule has 106 valence electrons. The molecule has 1 aromatic rings. The van der Waals surface area contributed by atoms with E-state index in [0.717, 1.165) is 28.3 Å². The van der Waals surface area contributed by atoms with Gasteiger partial charge in [0, 0.05) is 13.1 Å². The maximum absolute atomic E-state index is 12.0. The van der Waals surface area contributed by atoms with Crippen molar-refractivity contribution < 1.29 is 0 Å². The van der Waals surface area contributed by atoms with Gasteiger partial charge in [0.15, 0.2) is 0 Å². The van der Waals surface area contributed by atoms with Crippen molar-refractivity contribution in [3.63, 3.8) is 0 Å². The Morgan fingerprint density at radius 3 is 2.89 bits per heavy atom. The number of aromatic nitrogens is 2. The summed E-state index contributed by atoms with van der Waals surface area (Å²) < 4.78 is 2.43. The van der Waals surface area contributed by atoms with Crippen molar-refractivity contribution >= 4 is 22.6 Å². The van der Waals surface area contributed by atoms with E-state index in [2.05, 4.69) is 32.9 Å². The summed E-state index contributed by atoms with van der Waals surface area (Å²) in [6.07, 6.45) is 8.53. The van der Waals surface area contributed by atoms with Crippen LogP contribution in [0.5, 0.6) is 0 Å². The minimum atomic E-state index is 0.0765. The third-order valence-corrected chi connectivity index (χ3v) is 5.09. The molecular formula is C14H22IN3O. The number of hydrogen-bond donors (Lipinski definition) is 1. The Labute approximate surface area is 128 Å². The molecule has 19 heavy (non-hydrogen) atoms. The van der Waals surface area contributed by atoms with E-state index in [1.54, 1.807) is 10.9 Å². The summed E-state index contributed by atoms with van der Waals surface area (Å²) in [7, 11) is 0. The standard InChI is InChI=1S/C14H22IN3O/c1-11-13(15)14(19)18(10-17-11)8-7-16-9-12-5-3-2-4-6-12/h10,12,16H,2-9H2,1H3. The molecule has 1 aliphatic rings. The molecule has 1 aliphatic carbocycles. The van der Waals surface area contributed by atoms with Gasteiger partial charge < -0.3 is 5.32 Å². The van der Waals surface area contributed by atoms with Gasteiger partial charge in [0.2, 0.25) is 0 Å². The largest absolute Gasteiger partial charge is 0.315 e. The molecule has 1 heterocycles. The zero-order valence-corrected chi connectivity index (χ0v) is 13.6. The van der Waals surface area contributed by atoms with Gasteiger partial charge in [0.05, 0.1) is 15.6 Å². The van der Waals surface area contributed by atoms with Crippen LogP contribution >= 0.6 is 22.6 Å². The Morgan fingerprint density at radius 2 is 2.16 bits per heavy atom. The molecule has 0 aliphatic heterocycles. The van der Waals surface area contributed by atoms with Gasteiger partial charge in [-0.25, -0.2) is 4.98 Å². The summed E-state index contributed by atoms with van der Waals surface area (Å²) in [4.78, 5) is 16.2. The Hall–Kier alpha value is -0.430. The molecular weight excluding hydrogens is 353 g/mol. The Morgan fingerprint density at radius 1 is 1.42 bits per heavy atom. The number of nitrogens with one attached hydrogen (secondary N) is 1. The monoisotopic (exact) mass is 375 g/mol. The second-order valence-electron chi connectivity index (χ2n) is 5.35. The van der Waals surface area contributed by atoms with E-state index in [9.17, 15) is 4.79 Å². The number of rotatable bonds is 5. The van der Waals surface area contributed by atoms with Crippen molar-refractivity contribution in [3.05, 3.63) is 25.9 Å². The number of hydrogen-bond acceptors (Lipinski definition) is 3. The summed E-state index contributed by atoms with van der Waals surface area (Å²) in [5.74, 6) is 0.835. The average Bonchev–Trinajstić information content (AvgIpc) is 2.44. The quantitative estimate of drug-likeness (QED) is 0.635. The lowest BCUT2D eigenvalue weighted by Crippen LogP contribution is -2.31. The first-order valence-electron chi connectivity index (χ1n) is 7.10. The molecule has 0 aromatic carbocycles. The highest BCUT2D eigenvalue weighted by atomic mass is 127. The summed E-state index contributed by atoms with van der Waals surface area (Å²) in [6, 6.07) is 0. The van der Waals surface area contributed by atoms with Crippen molar-refractivity contribution in [2.75, 3.05) is 13.1 Å². The van der Waals surface area contributed by atoms with Crippen LogP contribution < -0.4 is 10.9 Å². The Balaban J connectivity index is 1.76. The van der Waals surface area contributed by atoms with Crippen LogP contribution in [-0.2, 0) is 6.54 Å². The molecule has 1 fully saturated rings. The highest BCUT2D eigenvalue weighted by molar-refractivity contribution is 14.1. The number of aryl methyl sites for hydroxylation is 1. The minimum Gasteiger partial charge on any atom is -0.315 e. The SMILES string of the molecule is Cc1ncn(CCNCC2CCCCC2)c(=O)c1I. The molecule has 1 saturated carbocycles. The minimum absolute atomic E-state index is 0.0765. The van der Waals surface area contributed by atoms with E-state index in [0.29, 0.717) is 6.54 Å². The molecule has 0 spiro atoms. The highest BCUT2D eigenvalue weighted by Crippen LogP contribution is 2.22. The van der Waals surface area contributed by atoms with Crippen molar-refractivity contribution in [2.45, 2.75) is 45.6 Å². The molecule has 0 amide bonds. The fourth-order valence-electron chi connectivity index (χ4n) is 2.60. The van der Waals surface area contributed by atoms with Gasteiger partial charge in [-0.2, -0.15) is 0 Å². The Bertz CT molecular complexity index is 466. The summed E-state index contributed by atoms with van der Waals surface area (Å²) in [5.41, 5.74) is 0.893. The van der Waals surface area contributed by atoms with E-state index in [1.807, 2.05) is 6.92 Å². The zero-order chi connectivity index (χ0) is 13.7. The fourth-order valence-corrected chi connectivity index (χ4v) is 3.05. The normalized spacial score (nSPS) is 16.7. The second-order valence-corrected chi connectivity index (χ2v) is 6.43. The predicted molar refractivity (Wildman–Crippen MR) is 85.4 cm³/mol. The lowest BCUT2D eigenvalue weighted by atomic mass is 9.89. The second kappa shape index (κ2) is 7.38. The van der Waals surface area contributed by atoms with Crippen LogP contribution in [0, 0.1) is 16.4 Å². The molecule has 0 atom stereocenters. The van der Waals surface area contributed by atoms with Crippen LogP contribution in [0.2, 0.25) is 0 Å². The maximum atomic E-state index is 12.0. The summed E-state index contributed by atoms with van der Waals surface area (Å²) in [5, 5.41) is 3.47. The van der Waals surface area contributed by atoms with Gasteiger partial charge in [-0.1, -0.05) is 19.3 Å². The fraction of sp³-hybridized carbons (Fsp3) is 0.714. The van der Waals surface area contributed by atoms with Gasteiger partial charge in [-0.15, -0.1) is 0 Å². The van der Waals surface area contributed by atoms with Gasteiger partial charge >= 0.3 is 0 Å². The first-order chi connectivity index (χ1) is 9.18. The first-order valence-corrected chi connectivity index (χ1v) is 8.18. The van der Waals surface area contributed by atoms with E-state index < -0.39 is 0 Å². The summed E-state index contributed by atoms with van der Waals surface area (Å²) >= 11 is 2.07. The lowest BCUT2D eigenvalue weighted by Gasteiger charge is -2.21. The van der Waals surface area contributed by atoms with Gasteiger partial charge in [0.1, 0.15) is 0 Å². The van der Waals surface area contributed by atoms with Crippen molar-refractivity contribution in [1.82, 2.24) is 14.9 Å². The van der Waals surface area contributed by atoms with Gasteiger partial charge in [-0.3, -0.25) is 9.36 Å². The smallest absolute Gasteiger partial charge is 0.267 e. The van der Waals surface area contributed by atoms with Crippen LogP contribution in [0.25, 0.3) is 0 Å². The van der Waals surface area contributed by atoms with Crippen molar-refractivity contribution in [3.8, 4) is 0 Å². The van der Waals surface area contributed by atoms with Crippen LogP contribution in [0.3, 0.4) is 0 Å². The van der Waals surface area contributed by atoms with Crippen LogP contribution in [0.1, 0.15) is 37.8 Å². The maximum Gasteiger partial charge on any atom is 0.267 e. The molecule has 2 rings (SSSR count). The molecule has 1 aromatic heterocycles. The van der Waals surface area contributed by atoms with Crippen molar-refractivity contribution in [1.29, 1.82) is 0 Å². The molecule has 4 nitrogen and oxygen atoms in total. The molecule has 5 heteroatoms. The van der Waals surface area contributed by atoms with E-state index in [-0.39, 0.29) is 5.56 Å². The highest BCUT2D eigenvalue weighted by Gasteiger charge is 2.12. The number of halogens is 1. The molecule has 0 unspecified atom stereocenters. The number of nitrogens with zero attached hydrogens (tertiary/aromatic N) is 2.